The average Bonchev–Trinajstić information content (AvgIpc) is 2.78. The number of nitrogens with one attached hydrogen (secondary N) is 1. The molecule has 2 amide bonds. The van der Waals surface area contributed by atoms with Gasteiger partial charge >= 0.3 is 11.9 Å². The van der Waals surface area contributed by atoms with E-state index in [-0.39, 0.29) is 30.2 Å². The summed E-state index contributed by atoms with van der Waals surface area (Å²) in [4.78, 5) is 46.5. The molecule has 2 aliphatic heterocycles. The smallest absolute Gasteiger partial charge is 0.352 e. The maximum absolute atomic E-state index is 12.6. The van der Waals surface area contributed by atoms with Gasteiger partial charge in [-0.2, -0.15) is 10.4 Å². The Hall–Kier alpha value is -2.66. The van der Waals surface area contributed by atoms with Gasteiger partial charge in [0.15, 0.2) is 0 Å². The molecule has 1 fully saturated rings. The Bertz CT molecular complexity index is 1040. The van der Waals surface area contributed by atoms with Crippen molar-refractivity contribution >= 4 is 47.3 Å². The number of esters is 1. The molecule has 2 aliphatic rings. The second kappa shape index (κ2) is 10.9. The van der Waals surface area contributed by atoms with E-state index >= 15 is 0 Å². The van der Waals surface area contributed by atoms with Crippen molar-refractivity contribution in [3.05, 3.63) is 51.9 Å². The Balaban J connectivity index is 1.56. The summed E-state index contributed by atoms with van der Waals surface area (Å²) in [6.07, 6.45) is -0.0265. The SMILES string of the molecule is CC(=O)OCC1=C(C(=O)O)N2C(=O)C(NC(=O)Cc3ccc(CSC(N)[N+]([O-])(O)O)cc3)C2SC1. The van der Waals surface area contributed by atoms with Gasteiger partial charge < -0.3 is 20.4 Å². The van der Waals surface area contributed by atoms with E-state index in [1.54, 1.807) is 24.3 Å². The standard InChI is InChI=1S/C20H24N4O9S2/c1-10(25)33-7-13-9-34-18-15(17(27)23(18)16(13)19(28)29)22-14(26)6-11-2-4-12(5-3-11)8-35-20(21)24(30,31)32/h2-5,15,18,20,30-31H,6-9,21H2,1H3,(H,22,26)(H,28,29). The van der Waals surface area contributed by atoms with Crippen LogP contribution in [0.5, 0.6) is 0 Å². The first-order valence-electron chi connectivity index (χ1n) is 10.2. The number of ether oxygens (including phenoxy) is 1. The Morgan fingerprint density at radius 3 is 2.51 bits per heavy atom. The molecule has 3 rings (SSSR count). The third-order valence-corrected chi connectivity index (χ3v) is 7.61. The molecule has 0 spiro atoms. The number of thioether (sulfide) groups is 2. The molecule has 1 aromatic rings. The number of β-lactam (4-membered cyclic amide) rings is 1. The Kier molecular flexibility index (Phi) is 8.42. The normalized spacial score (nSPS) is 20.6. The summed E-state index contributed by atoms with van der Waals surface area (Å²) in [6, 6.07) is 5.86. The van der Waals surface area contributed by atoms with Gasteiger partial charge in [0.05, 0.1) is 6.42 Å². The number of benzene rings is 1. The van der Waals surface area contributed by atoms with Crippen LogP contribution in [0.4, 0.5) is 0 Å². The second-order valence-electron chi connectivity index (χ2n) is 7.78. The van der Waals surface area contributed by atoms with Crippen LogP contribution in [-0.2, 0) is 36.1 Å². The molecule has 1 aromatic carbocycles. The van der Waals surface area contributed by atoms with Crippen molar-refractivity contribution in [2.24, 2.45) is 5.73 Å². The number of hydrogen-bond donors (Lipinski definition) is 5. The summed E-state index contributed by atoms with van der Waals surface area (Å²) < 4.78 is 4.89. The highest BCUT2D eigenvalue weighted by molar-refractivity contribution is 8.00. The third kappa shape index (κ3) is 6.52. The fraction of sp³-hybridized carbons (Fsp3) is 0.400. The second-order valence-corrected chi connectivity index (χ2v) is 9.99. The van der Waals surface area contributed by atoms with Gasteiger partial charge in [0.25, 0.3) is 11.4 Å². The highest BCUT2D eigenvalue weighted by Crippen LogP contribution is 2.40. The van der Waals surface area contributed by atoms with Crippen molar-refractivity contribution in [2.75, 3.05) is 12.4 Å². The van der Waals surface area contributed by atoms with Crippen LogP contribution in [0.25, 0.3) is 0 Å². The molecule has 0 radical (unpaired) electrons. The average molecular weight is 529 g/mol. The molecule has 0 aliphatic carbocycles. The quantitative estimate of drug-likeness (QED) is 0.0902. The molecule has 3 atom stereocenters. The van der Waals surface area contributed by atoms with Crippen molar-refractivity contribution in [1.29, 1.82) is 0 Å². The number of carboxylic acid groups (broad SMARTS) is 1. The lowest BCUT2D eigenvalue weighted by Gasteiger charge is -2.49. The molecule has 35 heavy (non-hydrogen) atoms. The molecule has 0 saturated carbocycles. The van der Waals surface area contributed by atoms with E-state index in [9.17, 15) is 29.5 Å². The van der Waals surface area contributed by atoms with Gasteiger partial charge in [0, 0.05) is 24.0 Å². The molecule has 0 bridgehead atoms. The zero-order valence-electron chi connectivity index (χ0n) is 18.4. The molecule has 0 aromatic heterocycles. The fourth-order valence-electron chi connectivity index (χ4n) is 3.43. The first-order valence-corrected chi connectivity index (χ1v) is 12.3. The minimum Gasteiger partial charge on any atom is -0.562 e. The minimum absolute atomic E-state index is 0.0265. The lowest BCUT2D eigenvalue weighted by Crippen LogP contribution is -2.70. The molecule has 3 unspecified atom stereocenters. The number of quaternary nitrogens is 1. The van der Waals surface area contributed by atoms with Crippen molar-refractivity contribution < 1.29 is 44.4 Å². The number of fused-ring (bicyclic) bond motifs is 1. The predicted molar refractivity (Wildman–Crippen MR) is 123 cm³/mol. The number of amides is 2. The molecular formula is C20H24N4O9S2. The summed E-state index contributed by atoms with van der Waals surface area (Å²) in [5, 5.41) is 40.3. The third-order valence-electron chi connectivity index (χ3n) is 5.16. The number of nitrogens with two attached hydrogens (primary N) is 1. The van der Waals surface area contributed by atoms with Gasteiger partial charge in [-0.25, -0.2) is 4.79 Å². The fourth-order valence-corrected chi connectivity index (χ4v) is 5.50. The van der Waals surface area contributed by atoms with Gasteiger partial charge in [0.1, 0.15) is 23.7 Å². The van der Waals surface area contributed by atoms with Crippen LogP contribution >= 0.6 is 23.5 Å². The summed E-state index contributed by atoms with van der Waals surface area (Å²) in [5.41, 5.74) is 5.33. The van der Waals surface area contributed by atoms with Crippen LogP contribution < -0.4 is 11.1 Å². The zero-order chi connectivity index (χ0) is 25.9. The van der Waals surface area contributed by atoms with E-state index in [4.69, 9.17) is 20.9 Å². The van der Waals surface area contributed by atoms with E-state index in [1.165, 1.54) is 18.7 Å². The Morgan fingerprint density at radius 2 is 1.94 bits per heavy atom. The van der Waals surface area contributed by atoms with Gasteiger partial charge in [-0.05, 0) is 16.1 Å². The van der Waals surface area contributed by atoms with Crippen molar-refractivity contribution in [3.8, 4) is 0 Å². The Labute approximate surface area is 208 Å². The summed E-state index contributed by atoms with van der Waals surface area (Å²) in [6.45, 7) is 0.974. The van der Waals surface area contributed by atoms with Crippen LogP contribution in [0, 0.1) is 5.21 Å². The number of hydrogen-bond acceptors (Lipinski definition) is 11. The van der Waals surface area contributed by atoms with Crippen LogP contribution in [-0.4, -0.2) is 78.4 Å². The number of nitrogens with zero attached hydrogens (tertiary/aromatic N) is 2. The van der Waals surface area contributed by atoms with E-state index in [1.807, 2.05) is 0 Å². The lowest BCUT2D eigenvalue weighted by atomic mass is 10.0. The van der Waals surface area contributed by atoms with Crippen LogP contribution in [0.3, 0.4) is 0 Å². The maximum Gasteiger partial charge on any atom is 0.352 e. The summed E-state index contributed by atoms with van der Waals surface area (Å²) in [5.74, 6) is -2.39. The molecule has 15 heteroatoms. The van der Waals surface area contributed by atoms with Crippen molar-refractivity contribution in [1.82, 2.24) is 10.2 Å². The van der Waals surface area contributed by atoms with Gasteiger partial charge in [-0.3, -0.25) is 25.0 Å². The maximum atomic E-state index is 12.6. The number of carbonyl (C=O) groups is 4. The number of rotatable bonds is 10. The van der Waals surface area contributed by atoms with Crippen LogP contribution in [0.15, 0.2) is 35.5 Å². The molecular weight excluding hydrogens is 504 g/mol. The zero-order valence-corrected chi connectivity index (χ0v) is 20.1. The molecule has 6 N–H and O–H groups in total. The predicted octanol–water partition coefficient (Wildman–Crippen LogP) is 0.0993. The van der Waals surface area contributed by atoms with Crippen molar-refractivity contribution in [3.63, 3.8) is 0 Å². The molecule has 2 heterocycles. The van der Waals surface area contributed by atoms with E-state index in [0.717, 1.165) is 22.2 Å². The highest BCUT2D eigenvalue weighted by atomic mass is 32.2. The van der Waals surface area contributed by atoms with E-state index < -0.39 is 45.6 Å². The summed E-state index contributed by atoms with van der Waals surface area (Å²) in [7, 11) is 0. The van der Waals surface area contributed by atoms with Crippen LogP contribution in [0.1, 0.15) is 18.1 Å². The first kappa shape index (κ1) is 26.9. The van der Waals surface area contributed by atoms with E-state index in [0.29, 0.717) is 11.1 Å². The molecule has 13 nitrogen and oxygen atoms in total. The molecule has 1 saturated heterocycles. The van der Waals surface area contributed by atoms with E-state index in [2.05, 4.69) is 5.32 Å². The number of carboxylic acids is 1. The van der Waals surface area contributed by atoms with Gasteiger partial charge in [0.2, 0.25) is 5.91 Å². The minimum atomic E-state index is -2.60. The monoisotopic (exact) mass is 528 g/mol. The van der Waals surface area contributed by atoms with Crippen LogP contribution in [0.2, 0.25) is 0 Å². The highest BCUT2D eigenvalue weighted by Gasteiger charge is 2.54. The number of hydroxylamine groups is 3. The van der Waals surface area contributed by atoms with Gasteiger partial charge in [-0.1, -0.05) is 36.0 Å². The van der Waals surface area contributed by atoms with Gasteiger partial charge in [-0.15, -0.1) is 11.8 Å². The Morgan fingerprint density at radius 1 is 1.31 bits per heavy atom. The van der Waals surface area contributed by atoms with Crippen molar-refractivity contribution in [2.45, 2.75) is 36.0 Å². The number of aliphatic carboxylic acids is 1. The lowest BCUT2D eigenvalue weighted by molar-refractivity contribution is -1.22. The largest absolute Gasteiger partial charge is 0.562 e. The summed E-state index contributed by atoms with van der Waals surface area (Å²) >= 11 is 2.11. The first-order chi connectivity index (χ1) is 16.4. The number of carbonyl (C=O) groups excluding carboxylic acids is 3. The molecule has 190 valence electrons. The topological polar surface area (TPSA) is 203 Å².